The van der Waals surface area contributed by atoms with E-state index >= 15 is 0 Å². The molecule has 2 aromatic carbocycles. The van der Waals surface area contributed by atoms with Crippen LogP contribution in [0.3, 0.4) is 0 Å². The van der Waals surface area contributed by atoms with Crippen LogP contribution in [0.25, 0.3) is 0 Å². The molecule has 0 aliphatic rings. The van der Waals surface area contributed by atoms with Crippen LogP contribution in [-0.2, 0) is 0 Å². The number of hydrogen-bond donors (Lipinski definition) is 1. The monoisotopic (exact) mass is 423 g/mol. The zero-order chi connectivity index (χ0) is 19.1. The number of esters is 1. The highest BCUT2D eigenvalue weighted by Crippen LogP contribution is 2.15. The van der Waals surface area contributed by atoms with E-state index in [0.717, 1.165) is 10.0 Å². The molecule has 1 N–H and O–H groups in total. The van der Waals surface area contributed by atoms with Gasteiger partial charge >= 0.3 is 5.97 Å². The van der Waals surface area contributed by atoms with Crippen LogP contribution >= 0.6 is 15.9 Å². The number of nitrogens with zero attached hydrogens (tertiary/aromatic N) is 2. The topological polar surface area (TPSA) is 80.6 Å². The van der Waals surface area contributed by atoms with E-state index in [1.165, 1.54) is 12.4 Å². The SMILES string of the molecule is O=C(NN=Cc1ccc(OC(=O)c2ccc(Br)cc2)cc1)c1cccnc1. The summed E-state index contributed by atoms with van der Waals surface area (Å²) in [4.78, 5) is 27.8. The molecule has 0 unspecified atom stereocenters. The number of carbonyl (C=O) groups excluding carboxylic acids is 2. The predicted octanol–water partition coefficient (Wildman–Crippen LogP) is 3.83. The van der Waals surface area contributed by atoms with Crippen molar-refractivity contribution in [2.45, 2.75) is 0 Å². The highest BCUT2D eigenvalue weighted by atomic mass is 79.9. The second-order valence-electron chi connectivity index (χ2n) is 5.41. The first-order valence-corrected chi connectivity index (χ1v) is 8.72. The van der Waals surface area contributed by atoms with Gasteiger partial charge in [-0.2, -0.15) is 5.10 Å². The van der Waals surface area contributed by atoms with Crippen molar-refractivity contribution in [1.82, 2.24) is 10.4 Å². The molecule has 3 rings (SSSR count). The van der Waals surface area contributed by atoms with Crippen molar-refractivity contribution in [3.05, 3.63) is 94.2 Å². The first-order valence-electron chi connectivity index (χ1n) is 7.93. The largest absolute Gasteiger partial charge is 0.423 e. The summed E-state index contributed by atoms with van der Waals surface area (Å²) < 4.78 is 6.21. The van der Waals surface area contributed by atoms with Gasteiger partial charge in [-0.15, -0.1) is 0 Å². The fourth-order valence-corrected chi connectivity index (χ4v) is 2.37. The van der Waals surface area contributed by atoms with E-state index in [9.17, 15) is 9.59 Å². The van der Waals surface area contributed by atoms with Gasteiger partial charge < -0.3 is 4.74 Å². The molecule has 7 heteroatoms. The molecular formula is C20H14BrN3O3. The van der Waals surface area contributed by atoms with Crippen molar-refractivity contribution in [2.24, 2.45) is 5.10 Å². The smallest absolute Gasteiger partial charge is 0.343 e. The van der Waals surface area contributed by atoms with Gasteiger partial charge in [0, 0.05) is 16.9 Å². The average molecular weight is 424 g/mol. The van der Waals surface area contributed by atoms with Gasteiger partial charge in [0.25, 0.3) is 5.91 Å². The Kier molecular flexibility index (Phi) is 6.06. The predicted molar refractivity (Wildman–Crippen MR) is 105 cm³/mol. The van der Waals surface area contributed by atoms with Crippen molar-refractivity contribution >= 4 is 34.0 Å². The number of pyridine rings is 1. The van der Waals surface area contributed by atoms with E-state index in [4.69, 9.17) is 4.74 Å². The molecule has 1 amide bonds. The maximum Gasteiger partial charge on any atom is 0.343 e. The summed E-state index contributed by atoms with van der Waals surface area (Å²) in [6, 6.07) is 17.0. The number of carbonyl (C=O) groups is 2. The number of rotatable bonds is 5. The minimum absolute atomic E-state index is 0.348. The number of ether oxygens (including phenoxy) is 1. The maximum absolute atomic E-state index is 12.1. The lowest BCUT2D eigenvalue weighted by molar-refractivity contribution is 0.0734. The van der Waals surface area contributed by atoms with Crippen LogP contribution in [0.4, 0.5) is 0 Å². The van der Waals surface area contributed by atoms with Crippen LogP contribution in [0.1, 0.15) is 26.3 Å². The third-order valence-corrected chi connectivity index (χ3v) is 4.00. The van der Waals surface area contributed by atoms with Crippen LogP contribution in [0.2, 0.25) is 0 Å². The summed E-state index contributed by atoms with van der Waals surface area (Å²) in [5, 5.41) is 3.90. The lowest BCUT2D eigenvalue weighted by Gasteiger charge is -2.04. The van der Waals surface area contributed by atoms with Gasteiger partial charge in [-0.25, -0.2) is 10.2 Å². The number of aromatic nitrogens is 1. The first-order chi connectivity index (χ1) is 13.1. The Bertz CT molecular complexity index is 956. The van der Waals surface area contributed by atoms with Gasteiger partial charge in [0.2, 0.25) is 0 Å². The van der Waals surface area contributed by atoms with Crippen LogP contribution in [0, 0.1) is 0 Å². The van der Waals surface area contributed by atoms with Gasteiger partial charge in [-0.1, -0.05) is 15.9 Å². The molecule has 1 heterocycles. The molecule has 134 valence electrons. The maximum atomic E-state index is 12.1. The average Bonchev–Trinajstić information content (AvgIpc) is 2.70. The highest BCUT2D eigenvalue weighted by Gasteiger charge is 2.08. The lowest BCUT2D eigenvalue weighted by atomic mass is 10.2. The van der Waals surface area contributed by atoms with Crippen molar-refractivity contribution in [3.63, 3.8) is 0 Å². The van der Waals surface area contributed by atoms with E-state index in [2.05, 4.69) is 31.4 Å². The van der Waals surface area contributed by atoms with E-state index in [0.29, 0.717) is 16.9 Å². The van der Waals surface area contributed by atoms with Gasteiger partial charge in [0.05, 0.1) is 17.3 Å². The van der Waals surface area contributed by atoms with Gasteiger partial charge in [0.15, 0.2) is 0 Å². The second kappa shape index (κ2) is 8.86. The summed E-state index contributed by atoms with van der Waals surface area (Å²) in [5.74, 6) is -0.369. The summed E-state index contributed by atoms with van der Waals surface area (Å²) in [7, 11) is 0. The summed E-state index contributed by atoms with van der Waals surface area (Å²) in [6.45, 7) is 0. The van der Waals surface area contributed by atoms with E-state index in [-0.39, 0.29) is 5.91 Å². The molecule has 6 nitrogen and oxygen atoms in total. The number of hydrogen-bond acceptors (Lipinski definition) is 5. The Morgan fingerprint density at radius 3 is 2.41 bits per heavy atom. The molecule has 0 saturated heterocycles. The fourth-order valence-electron chi connectivity index (χ4n) is 2.10. The quantitative estimate of drug-likeness (QED) is 0.292. The van der Waals surface area contributed by atoms with Gasteiger partial charge in [-0.05, 0) is 66.2 Å². The van der Waals surface area contributed by atoms with Crippen molar-refractivity contribution < 1.29 is 14.3 Å². The minimum Gasteiger partial charge on any atom is -0.423 e. The van der Waals surface area contributed by atoms with Crippen molar-refractivity contribution in [1.29, 1.82) is 0 Å². The molecule has 0 fully saturated rings. The Morgan fingerprint density at radius 1 is 1.00 bits per heavy atom. The normalized spacial score (nSPS) is 10.6. The molecule has 3 aromatic rings. The fraction of sp³-hybridized carbons (Fsp3) is 0. The third kappa shape index (κ3) is 5.32. The Labute approximate surface area is 164 Å². The van der Waals surface area contributed by atoms with Gasteiger partial charge in [-0.3, -0.25) is 9.78 Å². The van der Waals surface area contributed by atoms with Crippen molar-refractivity contribution in [3.8, 4) is 5.75 Å². The zero-order valence-corrected chi connectivity index (χ0v) is 15.6. The molecular weight excluding hydrogens is 410 g/mol. The molecule has 0 radical (unpaired) electrons. The van der Waals surface area contributed by atoms with Crippen LogP contribution in [0.5, 0.6) is 5.75 Å². The first kappa shape index (κ1) is 18.5. The Balaban J connectivity index is 1.56. The second-order valence-corrected chi connectivity index (χ2v) is 6.32. The lowest BCUT2D eigenvalue weighted by Crippen LogP contribution is -2.17. The molecule has 1 aromatic heterocycles. The van der Waals surface area contributed by atoms with E-state index < -0.39 is 5.97 Å². The molecule has 0 aliphatic heterocycles. The molecule has 0 bridgehead atoms. The number of nitrogens with one attached hydrogen (secondary N) is 1. The zero-order valence-electron chi connectivity index (χ0n) is 14.0. The molecule has 0 saturated carbocycles. The summed E-state index contributed by atoms with van der Waals surface area (Å²) in [6.07, 6.45) is 4.54. The minimum atomic E-state index is -0.437. The highest BCUT2D eigenvalue weighted by molar-refractivity contribution is 9.10. The Hall–Kier alpha value is -3.32. The Morgan fingerprint density at radius 2 is 1.74 bits per heavy atom. The van der Waals surface area contributed by atoms with Gasteiger partial charge in [0.1, 0.15) is 5.75 Å². The van der Waals surface area contributed by atoms with Crippen LogP contribution in [-0.4, -0.2) is 23.1 Å². The van der Waals surface area contributed by atoms with E-state index in [1.54, 1.807) is 66.9 Å². The standard InChI is InChI=1S/C20H14BrN3O3/c21-17-7-5-15(6-8-17)20(26)27-18-9-3-14(4-10-18)12-23-24-19(25)16-2-1-11-22-13-16/h1-13H,(H,24,25). The summed E-state index contributed by atoms with van der Waals surface area (Å²) in [5.41, 5.74) is 4.04. The molecule has 0 aliphatic carbocycles. The molecule has 27 heavy (non-hydrogen) atoms. The molecule has 0 atom stereocenters. The number of benzene rings is 2. The number of amides is 1. The van der Waals surface area contributed by atoms with Crippen LogP contribution in [0.15, 0.2) is 82.6 Å². The number of halogens is 1. The summed E-state index contributed by atoms with van der Waals surface area (Å²) >= 11 is 3.32. The number of hydrazone groups is 1. The third-order valence-electron chi connectivity index (χ3n) is 3.47. The van der Waals surface area contributed by atoms with Crippen LogP contribution < -0.4 is 10.2 Å². The van der Waals surface area contributed by atoms with Crippen molar-refractivity contribution in [2.75, 3.05) is 0 Å². The molecule has 0 spiro atoms. The van der Waals surface area contributed by atoms with E-state index in [1.807, 2.05) is 0 Å².